The van der Waals surface area contributed by atoms with Crippen molar-refractivity contribution in [3.05, 3.63) is 113 Å². The molecular formula is C27H28N6S. The molecule has 0 saturated carbocycles. The van der Waals surface area contributed by atoms with Gasteiger partial charge in [0, 0.05) is 5.75 Å². The van der Waals surface area contributed by atoms with E-state index >= 15 is 0 Å². The van der Waals surface area contributed by atoms with Crippen molar-refractivity contribution in [2.45, 2.75) is 37.6 Å². The van der Waals surface area contributed by atoms with Gasteiger partial charge in [0.2, 0.25) is 0 Å². The predicted octanol–water partition coefficient (Wildman–Crippen LogP) is 5.22. The molecule has 2 heterocycles. The molecule has 0 saturated heterocycles. The number of hydrogen-bond donors (Lipinski definition) is 2. The van der Waals surface area contributed by atoms with Crippen LogP contribution >= 0.6 is 11.8 Å². The summed E-state index contributed by atoms with van der Waals surface area (Å²) >= 11 is 1.77. The van der Waals surface area contributed by atoms with E-state index in [-0.39, 0.29) is 0 Å². The summed E-state index contributed by atoms with van der Waals surface area (Å²) in [5.41, 5.74) is 13.2. The highest BCUT2D eigenvalue weighted by Gasteiger charge is 2.25. The largest absolute Gasteiger partial charge is 0.266 e. The number of thioether (sulfide) groups is 1. The molecule has 0 radical (unpaired) electrons. The molecule has 4 aromatic rings. The average Bonchev–Trinajstić information content (AvgIpc) is 3.50. The van der Waals surface area contributed by atoms with Gasteiger partial charge in [-0.3, -0.25) is 5.01 Å². The number of nitrogens with zero attached hydrogens (tertiary/aromatic N) is 4. The topological polar surface area (TPSA) is 57.5 Å². The van der Waals surface area contributed by atoms with Crippen molar-refractivity contribution >= 4 is 17.6 Å². The van der Waals surface area contributed by atoms with Crippen molar-refractivity contribution in [2.24, 2.45) is 5.10 Å². The Morgan fingerprint density at radius 2 is 1.68 bits per heavy atom. The molecule has 0 bridgehead atoms. The maximum atomic E-state index is 4.79. The maximum absolute atomic E-state index is 4.79. The molecular weight excluding hydrogens is 440 g/mol. The fourth-order valence-electron chi connectivity index (χ4n) is 3.98. The third-order valence-corrected chi connectivity index (χ3v) is 6.94. The lowest BCUT2D eigenvalue weighted by molar-refractivity contribution is 0.288. The number of aromatic nitrogens is 2. The predicted molar refractivity (Wildman–Crippen MR) is 138 cm³/mol. The van der Waals surface area contributed by atoms with Crippen molar-refractivity contribution in [2.75, 3.05) is 0 Å². The molecule has 6 nitrogen and oxygen atoms in total. The summed E-state index contributed by atoms with van der Waals surface area (Å²) in [6, 6.07) is 27.7. The van der Waals surface area contributed by atoms with Crippen LogP contribution in [0.4, 0.5) is 0 Å². The minimum Gasteiger partial charge on any atom is -0.266 e. The molecule has 2 N–H and O–H groups in total. The zero-order chi connectivity index (χ0) is 23.3. The van der Waals surface area contributed by atoms with Crippen LogP contribution in [0, 0.1) is 6.92 Å². The van der Waals surface area contributed by atoms with Gasteiger partial charge in [-0.15, -0.1) is 22.4 Å². The summed E-state index contributed by atoms with van der Waals surface area (Å²) in [4.78, 5) is 0. The average molecular weight is 469 g/mol. The van der Waals surface area contributed by atoms with Crippen LogP contribution in [0.2, 0.25) is 0 Å². The third kappa shape index (κ3) is 4.85. The fraction of sp³-hybridized carbons (Fsp3) is 0.185. The molecule has 1 aliphatic rings. The molecule has 0 fully saturated rings. The Hall–Kier alpha value is -3.55. The van der Waals surface area contributed by atoms with Crippen molar-refractivity contribution in [1.29, 1.82) is 0 Å². The van der Waals surface area contributed by atoms with Gasteiger partial charge in [-0.05, 0) is 42.2 Å². The molecule has 7 heteroatoms. The van der Waals surface area contributed by atoms with E-state index in [1.54, 1.807) is 11.8 Å². The molecule has 0 spiro atoms. The Morgan fingerprint density at radius 3 is 2.44 bits per heavy atom. The molecule has 1 aliphatic heterocycles. The number of hydrogen-bond acceptors (Lipinski definition) is 6. The van der Waals surface area contributed by atoms with E-state index in [0.29, 0.717) is 6.54 Å². The minimum absolute atomic E-state index is 0.687. The van der Waals surface area contributed by atoms with Gasteiger partial charge in [0.05, 0.1) is 24.0 Å². The van der Waals surface area contributed by atoms with E-state index in [1.807, 2.05) is 22.0 Å². The van der Waals surface area contributed by atoms with Crippen LogP contribution in [0.1, 0.15) is 34.7 Å². The summed E-state index contributed by atoms with van der Waals surface area (Å²) < 4.78 is 2.02. The number of benzene rings is 3. The second-order valence-electron chi connectivity index (χ2n) is 8.30. The normalized spacial score (nSPS) is 13.1. The first-order valence-corrected chi connectivity index (χ1v) is 12.5. The quantitative estimate of drug-likeness (QED) is 0.347. The van der Waals surface area contributed by atoms with Crippen LogP contribution in [0.3, 0.4) is 0 Å². The van der Waals surface area contributed by atoms with Crippen LogP contribution in [0.15, 0.2) is 95.2 Å². The Balaban J connectivity index is 1.48. The van der Waals surface area contributed by atoms with Crippen LogP contribution in [-0.4, -0.2) is 20.6 Å². The van der Waals surface area contributed by atoms with Crippen LogP contribution in [0.25, 0.3) is 5.69 Å². The summed E-state index contributed by atoms with van der Waals surface area (Å²) in [7, 11) is 0. The lowest BCUT2D eigenvalue weighted by atomic mass is 10.1. The summed E-state index contributed by atoms with van der Waals surface area (Å²) in [6.45, 7) is 4.97. The molecule has 3 aromatic carbocycles. The number of nitrogens with one attached hydrogen (secondary N) is 2. The highest BCUT2D eigenvalue weighted by atomic mass is 32.2. The van der Waals surface area contributed by atoms with Crippen molar-refractivity contribution in [1.82, 2.24) is 25.9 Å². The summed E-state index contributed by atoms with van der Waals surface area (Å²) in [5.74, 6) is 1.67. The minimum atomic E-state index is 0.687. The third-order valence-electron chi connectivity index (χ3n) is 5.80. The van der Waals surface area contributed by atoms with Gasteiger partial charge in [0.15, 0.2) is 5.84 Å². The monoisotopic (exact) mass is 468 g/mol. The maximum Gasteiger partial charge on any atom is 0.177 e. The standard InChI is InChI=1S/C27H28N6S/c1-3-21-12-14-24(15-13-21)33-27(34-19-22-9-5-4-6-10-22)25(17-28-33)26-29-30-31-32(26)18-23-11-7-8-20(2)16-23/h4-17,30-31H,3,18-19H2,1-2H3. The second kappa shape index (κ2) is 10.2. The number of hydrazine groups is 2. The first kappa shape index (κ1) is 22.3. The number of aryl methyl sites for hydroxylation is 2. The summed E-state index contributed by atoms with van der Waals surface area (Å²) in [6.07, 6.45) is 2.93. The van der Waals surface area contributed by atoms with Crippen LogP contribution in [-0.2, 0) is 18.7 Å². The molecule has 0 aliphatic carbocycles. The molecule has 5 rings (SSSR count). The van der Waals surface area contributed by atoms with E-state index in [0.717, 1.165) is 34.3 Å². The Labute approximate surface area is 204 Å². The molecule has 34 heavy (non-hydrogen) atoms. The molecule has 0 atom stereocenters. The fourth-order valence-corrected chi connectivity index (χ4v) is 5.05. The molecule has 172 valence electrons. The van der Waals surface area contributed by atoms with Crippen LogP contribution < -0.4 is 11.1 Å². The van der Waals surface area contributed by atoms with E-state index in [2.05, 4.69) is 103 Å². The highest BCUT2D eigenvalue weighted by Crippen LogP contribution is 2.30. The van der Waals surface area contributed by atoms with Gasteiger partial charge in [-0.1, -0.05) is 79.2 Å². The highest BCUT2D eigenvalue weighted by molar-refractivity contribution is 7.98. The smallest absolute Gasteiger partial charge is 0.177 e. The second-order valence-corrected chi connectivity index (χ2v) is 9.27. The van der Waals surface area contributed by atoms with Crippen molar-refractivity contribution < 1.29 is 0 Å². The first-order chi connectivity index (χ1) is 16.7. The van der Waals surface area contributed by atoms with E-state index in [1.165, 1.54) is 22.3 Å². The van der Waals surface area contributed by atoms with E-state index in [9.17, 15) is 0 Å². The van der Waals surface area contributed by atoms with Crippen LogP contribution in [0.5, 0.6) is 0 Å². The number of amidine groups is 1. The lowest BCUT2D eigenvalue weighted by Gasteiger charge is -2.19. The lowest BCUT2D eigenvalue weighted by Crippen LogP contribution is -2.40. The molecule has 0 unspecified atom stereocenters. The summed E-state index contributed by atoms with van der Waals surface area (Å²) in [5, 5.41) is 12.5. The Bertz CT molecular complexity index is 1280. The molecule has 0 amide bonds. The SMILES string of the molecule is CCc1ccc(-n2ncc(C3=NNNN3Cc3cccc(C)c3)c2SCc2ccccc2)cc1. The first-order valence-electron chi connectivity index (χ1n) is 11.5. The van der Waals surface area contributed by atoms with Crippen molar-refractivity contribution in [3.8, 4) is 5.69 Å². The Morgan fingerprint density at radius 1 is 0.882 bits per heavy atom. The zero-order valence-electron chi connectivity index (χ0n) is 19.4. The number of rotatable bonds is 8. The van der Waals surface area contributed by atoms with Gasteiger partial charge in [-0.25, -0.2) is 10.2 Å². The van der Waals surface area contributed by atoms with Gasteiger partial charge in [-0.2, -0.15) is 5.10 Å². The van der Waals surface area contributed by atoms with Crippen molar-refractivity contribution in [3.63, 3.8) is 0 Å². The van der Waals surface area contributed by atoms with Gasteiger partial charge in [0.25, 0.3) is 0 Å². The zero-order valence-corrected chi connectivity index (χ0v) is 20.2. The van der Waals surface area contributed by atoms with Gasteiger partial charge in [0.1, 0.15) is 5.03 Å². The molecule has 1 aromatic heterocycles. The van der Waals surface area contributed by atoms with Gasteiger partial charge < -0.3 is 0 Å². The van der Waals surface area contributed by atoms with E-state index < -0.39 is 0 Å². The number of hydrazone groups is 1. The van der Waals surface area contributed by atoms with E-state index in [4.69, 9.17) is 5.10 Å². The van der Waals surface area contributed by atoms with Gasteiger partial charge >= 0.3 is 0 Å². The Kier molecular flexibility index (Phi) is 6.65.